The highest BCUT2D eigenvalue weighted by atomic mass is 19.1. The number of carbonyl (C=O) groups excluding carboxylic acids is 1. The lowest BCUT2D eigenvalue weighted by Crippen LogP contribution is -2.46. The number of carbonyl (C=O) groups is 1. The fourth-order valence-corrected chi connectivity index (χ4v) is 2.84. The first-order valence-corrected chi connectivity index (χ1v) is 7.56. The molecule has 0 aromatic heterocycles. The number of amides is 1. The second-order valence-electron chi connectivity index (χ2n) is 6.78. The highest BCUT2D eigenvalue weighted by molar-refractivity contribution is 5.83. The fraction of sp³-hybridized carbons (Fsp3) is 0.588. The molecule has 1 fully saturated rings. The number of nitrogens with zero attached hydrogens (tertiary/aromatic N) is 2. The van der Waals surface area contributed by atoms with Gasteiger partial charge in [-0.2, -0.15) is 0 Å². The summed E-state index contributed by atoms with van der Waals surface area (Å²) >= 11 is 0. The number of halogens is 2. The Balaban J connectivity index is 2.34. The van der Waals surface area contributed by atoms with E-state index >= 15 is 0 Å². The van der Waals surface area contributed by atoms with Crippen molar-refractivity contribution in [1.29, 1.82) is 0 Å². The average Bonchev–Trinajstić information content (AvgIpc) is 3.19. The zero-order valence-electron chi connectivity index (χ0n) is 13.9. The molecule has 122 valence electrons. The maximum absolute atomic E-state index is 14.1. The van der Waals surface area contributed by atoms with Gasteiger partial charge in [-0.15, -0.1) is 0 Å². The standard InChI is InChI=1S/C17H24F2N2O/c1-11(17(2)9-10-17)21(5)16(22)15(20(3)4)14-12(18)7-6-8-13(14)19/h6-8,11,15H,9-10H2,1-5H3/t11-,15+/m0/s1. The Kier molecular flexibility index (Phi) is 4.57. The molecule has 0 radical (unpaired) electrons. The molecular formula is C17H24F2N2O. The molecule has 0 unspecified atom stereocenters. The third-order valence-electron chi connectivity index (χ3n) is 5.00. The van der Waals surface area contributed by atoms with Crippen molar-refractivity contribution >= 4 is 5.91 Å². The van der Waals surface area contributed by atoms with Gasteiger partial charge in [-0.25, -0.2) is 8.78 Å². The molecule has 2 rings (SSSR count). The summed E-state index contributed by atoms with van der Waals surface area (Å²) in [5.41, 5.74) is -0.0628. The van der Waals surface area contributed by atoms with E-state index in [2.05, 4.69) is 6.92 Å². The van der Waals surface area contributed by atoms with Crippen molar-refractivity contribution < 1.29 is 13.6 Å². The molecule has 0 spiro atoms. The molecule has 1 aromatic carbocycles. The Morgan fingerprint density at radius 1 is 1.18 bits per heavy atom. The highest BCUT2D eigenvalue weighted by Crippen LogP contribution is 2.49. The van der Waals surface area contributed by atoms with Crippen LogP contribution in [0, 0.1) is 17.0 Å². The molecule has 1 aromatic rings. The summed E-state index contributed by atoms with van der Waals surface area (Å²) in [6.07, 6.45) is 2.15. The quantitative estimate of drug-likeness (QED) is 0.834. The van der Waals surface area contributed by atoms with Crippen LogP contribution in [0.1, 0.15) is 38.3 Å². The second kappa shape index (κ2) is 5.95. The molecule has 1 aliphatic rings. The predicted molar refractivity (Wildman–Crippen MR) is 82.4 cm³/mol. The normalized spacial score (nSPS) is 18.9. The van der Waals surface area contributed by atoms with Gasteiger partial charge < -0.3 is 4.90 Å². The van der Waals surface area contributed by atoms with E-state index in [0.717, 1.165) is 12.8 Å². The summed E-state index contributed by atoms with van der Waals surface area (Å²) in [5.74, 6) is -1.66. The minimum atomic E-state index is -0.962. The van der Waals surface area contributed by atoms with Gasteiger partial charge in [-0.1, -0.05) is 13.0 Å². The molecule has 2 atom stereocenters. The molecule has 0 saturated heterocycles. The molecule has 1 saturated carbocycles. The van der Waals surface area contributed by atoms with Gasteiger partial charge in [-0.05, 0) is 51.4 Å². The summed E-state index contributed by atoms with van der Waals surface area (Å²) in [6.45, 7) is 4.13. The Hall–Kier alpha value is -1.49. The smallest absolute Gasteiger partial charge is 0.244 e. The molecule has 1 amide bonds. The number of rotatable bonds is 5. The van der Waals surface area contributed by atoms with Crippen molar-refractivity contribution in [2.24, 2.45) is 5.41 Å². The summed E-state index contributed by atoms with van der Waals surface area (Å²) in [6, 6.07) is 2.76. The molecule has 5 heteroatoms. The largest absolute Gasteiger partial charge is 0.341 e. The summed E-state index contributed by atoms with van der Waals surface area (Å²) < 4.78 is 28.2. The van der Waals surface area contributed by atoms with Crippen molar-refractivity contribution in [2.75, 3.05) is 21.1 Å². The van der Waals surface area contributed by atoms with Crippen LogP contribution in [0.25, 0.3) is 0 Å². The van der Waals surface area contributed by atoms with E-state index in [0.29, 0.717) is 0 Å². The zero-order valence-corrected chi connectivity index (χ0v) is 13.9. The van der Waals surface area contributed by atoms with Crippen molar-refractivity contribution in [3.8, 4) is 0 Å². The third kappa shape index (κ3) is 3.00. The first-order valence-electron chi connectivity index (χ1n) is 7.56. The van der Waals surface area contributed by atoms with Crippen molar-refractivity contribution in [2.45, 2.75) is 38.8 Å². The average molecular weight is 310 g/mol. The molecule has 0 aliphatic heterocycles. The van der Waals surface area contributed by atoms with Gasteiger partial charge >= 0.3 is 0 Å². The first-order chi connectivity index (χ1) is 10.2. The van der Waals surface area contributed by atoms with E-state index in [1.807, 2.05) is 6.92 Å². The molecule has 0 N–H and O–H groups in total. The van der Waals surface area contributed by atoms with Crippen LogP contribution in [0.4, 0.5) is 8.78 Å². The number of hydrogen-bond acceptors (Lipinski definition) is 2. The lowest BCUT2D eigenvalue weighted by Gasteiger charge is -2.35. The molecule has 3 nitrogen and oxygen atoms in total. The maximum atomic E-state index is 14.1. The van der Waals surface area contributed by atoms with E-state index in [9.17, 15) is 13.6 Å². The van der Waals surface area contributed by atoms with Crippen molar-refractivity contribution in [1.82, 2.24) is 9.80 Å². The highest BCUT2D eigenvalue weighted by Gasteiger charge is 2.46. The third-order valence-corrected chi connectivity index (χ3v) is 5.00. The van der Waals surface area contributed by atoms with Crippen molar-refractivity contribution in [3.63, 3.8) is 0 Å². The molecule has 0 bridgehead atoms. The van der Waals surface area contributed by atoms with Crippen LogP contribution in [-0.2, 0) is 4.79 Å². The van der Waals surface area contributed by atoms with Crippen LogP contribution in [0.5, 0.6) is 0 Å². The topological polar surface area (TPSA) is 23.6 Å². The second-order valence-corrected chi connectivity index (χ2v) is 6.78. The molecule has 0 heterocycles. The first kappa shape index (κ1) is 16.9. The van der Waals surface area contributed by atoms with E-state index in [1.54, 1.807) is 30.9 Å². The lowest BCUT2D eigenvalue weighted by molar-refractivity contribution is -0.138. The van der Waals surface area contributed by atoms with Crippen LogP contribution < -0.4 is 0 Å². The molecule has 22 heavy (non-hydrogen) atoms. The Labute approximate surface area is 130 Å². The summed E-state index contributed by atoms with van der Waals surface area (Å²) in [7, 11) is 5.03. The van der Waals surface area contributed by atoms with E-state index < -0.39 is 17.7 Å². The van der Waals surface area contributed by atoms with Gasteiger partial charge in [0.05, 0.1) is 5.56 Å². The van der Waals surface area contributed by atoms with Crippen LogP contribution in [0.3, 0.4) is 0 Å². The Morgan fingerprint density at radius 3 is 2.09 bits per heavy atom. The molecule has 1 aliphatic carbocycles. The van der Waals surface area contributed by atoms with Gasteiger partial charge in [0.2, 0.25) is 5.91 Å². The Morgan fingerprint density at radius 2 is 1.68 bits per heavy atom. The summed E-state index contributed by atoms with van der Waals surface area (Å²) in [4.78, 5) is 16.0. The van der Waals surface area contributed by atoms with E-state index in [4.69, 9.17) is 0 Å². The molecular weight excluding hydrogens is 286 g/mol. The fourth-order valence-electron chi connectivity index (χ4n) is 2.84. The lowest BCUT2D eigenvalue weighted by atomic mass is 9.97. The Bertz CT molecular complexity index is 550. The predicted octanol–water partition coefficient (Wildman–Crippen LogP) is 3.21. The van der Waals surface area contributed by atoms with Crippen LogP contribution in [0.15, 0.2) is 18.2 Å². The number of likely N-dealkylation sites (N-methyl/N-ethyl adjacent to an activating group) is 2. The SMILES string of the molecule is C[C@H](N(C)C(=O)[C@@H](c1c(F)cccc1F)N(C)C)C1(C)CC1. The van der Waals surface area contributed by atoms with Gasteiger partial charge in [0, 0.05) is 13.1 Å². The van der Waals surface area contributed by atoms with Gasteiger partial charge in [0.1, 0.15) is 17.7 Å². The van der Waals surface area contributed by atoms with Gasteiger partial charge in [-0.3, -0.25) is 9.69 Å². The monoisotopic (exact) mass is 310 g/mol. The van der Waals surface area contributed by atoms with Gasteiger partial charge in [0.25, 0.3) is 0 Å². The zero-order chi connectivity index (χ0) is 16.7. The van der Waals surface area contributed by atoms with E-state index in [1.165, 1.54) is 18.2 Å². The van der Waals surface area contributed by atoms with Crippen LogP contribution in [0.2, 0.25) is 0 Å². The minimum absolute atomic E-state index is 0.0392. The summed E-state index contributed by atoms with van der Waals surface area (Å²) in [5, 5.41) is 0. The van der Waals surface area contributed by atoms with Crippen LogP contribution in [-0.4, -0.2) is 42.9 Å². The maximum Gasteiger partial charge on any atom is 0.244 e. The van der Waals surface area contributed by atoms with Crippen LogP contribution >= 0.6 is 0 Å². The van der Waals surface area contributed by atoms with E-state index in [-0.39, 0.29) is 22.9 Å². The number of hydrogen-bond donors (Lipinski definition) is 0. The minimum Gasteiger partial charge on any atom is -0.341 e. The van der Waals surface area contributed by atoms with Gasteiger partial charge in [0.15, 0.2) is 0 Å². The van der Waals surface area contributed by atoms with Crippen molar-refractivity contribution in [3.05, 3.63) is 35.4 Å². The number of benzene rings is 1.